The molecular formula is C10H17N. The molecule has 1 heteroatoms. The van der Waals surface area contributed by atoms with Crippen LogP contribution in [-0.2, 0) is 0 Å². The molecule has 1 nitrogen and oxygen atoms in total. The monoisotopic (exact) mass is 151 g/mol. The average molecular weight is 151 g/mol. The maximum Gasteiger partial charge on any atom is 0.0585 e. The van der Waals surface area contributed by atoms with Crippen LogP contribution in [0.3, 0.4) is 0 Å². The van der Waals surface area contributed by atoms with Gasteiger partial charge in [-0.1, -0.05) is 26.8 Å². The molecule has 0 fully saturated rings. The van der Waals surface area contributed by atoms with Gasteiger partial charge < -0.3 is 0 Å². The van der Waals surface area contributed by atoms with Crippen molar-refractivity contribution in [2.75, 3.05) is 0 Å². The fourth-order valence-corrected chi connectivity index (χ4v) is 1.26. The standard InChI is InChI=1S/C10H17N/c1-8-6-5-7-9(11-8)10(2,3)4/h5-6,9H,7H2,1-4H3. The van der Waals surface area contributed by atoms with E-state index in [1.165, 1.54) is 0 Å². The van der Waals surface area contributed by atoms with Gasteiger partial charge in [0.25, 0.3) is 0 Å². The van der Waals surface area contributed by atoms with E-state index < -0.39 is 0 Å². The molecule has 1 rings (SSSR count). The summed E-state index contributed by atoms with van der Waals surface area (Å²) >= 11 is 0. The Hall–Kier alpha value is -0.590. The normalized spacial score (nSPS) is 25.1. The van der Waals surface area contributed by atoms with Gasteiger partial charge in [-0.2, -0.15) is 0 Å². The number of hydrogen-bond donors (Lipinski definition) is 0. The summed E-state index contributed by atoms with van der Waals surface area (Å²) in [7, 11) is 0. The Morgan fingerprint density at radius 3 is 2.45 bits per heavy atom. The Morgan fingerprint density at radius 1 is 1.45 bits per heavy atom. The third kappa shape index (κ3) is 2.18. The van der Waals surface area contributed by atoms with E-state index in [0.29, 0.717) is 11.5 Å². The second-order valence-electron chi connectivity index (χ2n) is 4.29. The molecule has 1 unspecified atom stereocenters. The molecule has 62 valence electrons. The lowest BCUT2D eigenvalue weighted by Gasteiger charge is -2.28. The van der Waals surface area contributed by atoms with E-state index in [0.717, 1.165) is 12.1 Å². The molecule has 0 radical (unpaired) electrons. The molecule has 0 saturated heterocycles. The second kappa shape index (κ2) is 2.80. The topological polar surface area (TPSA) is 12.4 Å². The van der Waals surface area contributed by atoms with Gasteiger partial charge in [0.2, 0.25) is 0 Å². The Labute approximate surface area is 69.2 Å². The molecule has 0 aliphatic carbocycles. The first kappa shape index (κ1) is 8.51. The fourth-order valence-electron chi connectivity index (χ4n) is 1.26. The Bertz CT molecular complexity index is 193. The predicted octanol–water partition coefficient (Wildman–Crippen LogP) is 2.82. The lowest BCUT2D eigenvalue weighted by molar-refractivity contribution is 0.322. The largest absolute Gasteiger partial charge is 0.286 e. The molecular weight excluding hydrogens is 134 g/mol. The third-order valence-corrected chi connectivity index (χ3v) is 2.08. The number of hydrogen-bond acceptors (Lipinski definition) is 1. The van der Waals surface area contributed by atoms with Crippen molar-refractivity contribution in [1.29, 1.82) is 0 Å². The molecule has 0 bridgehead atoms. The third-order valence-electron chi connectivity index (χ3n) is 2.08. The minimum absolute atomic E-state index is 0.312. The van der Waals surface area contributed by atoms with Crippen molar-refractivity contribution in [1.82, 2.24) is 0 Å². The molecule has 0 aromatic carbocycles. The summed E-state index contributed by atoms with van der Waals surface area (Å²) in [6.07, 6.45) is 5.42. The molecule has 0 amide bonds. The van der Waals surface area contributed by atoms with Crippen molar-refractivity contribution in [2.45, 2.75) is 40.2 Å². The number of aliphatic imine (C=N–C) groups is 1. The fraction of sp³-hybridized carbons (Fsp3) is 0.700. The molecule has 1 atom stereocenters. The number of nitrogens with zero attached hydrogens (tertiary/aromatic N) is 1. The van der Waals surface area contributed by atoms with E-state index in [1.54, 1.807) is 0 Å². The van der Waals surface area contributed by atoms with Gasteiger partial charge in [-0.25, -0.2) is 0 Å². The van der Waals surface area contributed by atoms with Gasteiger partial charge in [0.1, 0.15) is 0 Å². The molecule has 0 spiro atoms. The Morgan fingerprint density at radius 2 is 2.09 bits per heavy atom. The van der Waals surface area contributed by atoms with Crippen LogP contribution in [0.25, 0.3) is 0 Å². The zero-order valence-electron chi connectivity index (χ0n) is 7.89. The second-order valence-corrected chi connectivity index (χ2v) is 4.29. The zero-order chi connectivity index (χ0) is 8.48. The van der Waals surface area contributed by atoms with Crippen molar-refractivity contribution >= 4 is 5.71 Å². The van der Waals surface area contributed by atoms with Crippen LogP contribution in [0.4, 0.5) is 0 Å². The van der Waals surface area contributed by atoms with Gasteiger partial charge in [0.15, 0.2) is 0 Å². The maximum atomic E-state index is 4.58. The van der Waals surface area contributed by atoms with Crippen LogP contribution in [0.2, 0.25) is 0 Å². The molecule has 1 aliphatic heterocycles. The highest BCUT2D eigenvalue weighted by molar-refractivity contribution is 5.93. The van der Waals surface area contributed by atoms with Crippen molar-refractivity contribution in [3.05, 3.63) is 12.2 Å². The number of rotatable bonds is 0. The molecule has 0 aromatic heterocycles. The summed E-state index contributed by atoms with van der Waals surface area (Å²) in [6.45, 7) is 8.79. The van der Waals surface area contributed by atoms with Crippen LogP contribution in [-0.4, -0.2) is 11.8 Å². The highest BCUT2D eigenvalue weighted by atomic mass is 14.8. The summed E-state index contributed by atoms with van der Waals surface area (Å²) in [5, 5.41) is 0. The van der Waals surface area contributed by atoms with E-state index in [9.17, 15) is 0 Å². The first-order valence-corrected chi connectivity index (χ1v) is 4.21. The van der Waals surface area contributed by atoms with Crippen LogP contribution in [0.5, 0.6) is 0 Å². The van der Waals surface area contributed by atoms with E-state index >= 15 is 0 Å². The minimum Gasteiger partial charge on any atom is -0.286 e. The lowest BCUT2D eigenvalue weighted by atomic mass is 9.84. The van der Waals surface area contributed by atoms with Crippen LogP contribution in [0.15, 0.2) is 17.1 Å². The summed E-state index contributed by atoms with van der Waals surface area (Å²) < 4.78 is 0. The van der Waals surface area contributed by atoms with Crippen LogP contribution in [0, 0.1) is 5.41 Å². The van der Waals surface area contributed by atoms with Crippen molar-refractivity contribution in [2.24, 2.45) is 10.4 Å². The quantitative estimate of drug-likeness (QED) is 0.505. The highest BCUT2D eigenvalue weighted by Crippen LogP contribution is 2.27. The van der Waals surface area contributed by atoms with Crippen molar-refractivity contribution in [3.63, 3.8) is 0 Å². The van der Waals surface area contributed by atoms with Crippen molar-refractivity contribution in [3.8, 4) is 0 Å². The molecule has 0 aromatic rings. The molecule has 11 heavy (non-hydrogen) atoms. The summed E-state index contributed by atoms with van der Waals surface area (Å²) in [5.74, 6) is 0. The zero-order valence-corrected chi connectivity index (χ0v) is 7.89. The van der Waals surface area contributed by atoms with Gasteiger partial charge in [0, 0.05) is 5.71 Å². The van der Waals surface area contributed by atoms with Crippen molar-refractivity contribution < 1.29 is 0 Å². The predicted molar refractivity (Wildman–Crippen MR) is 50.1 cm³/mol. The smallest absolute Gasteiger partial charge is 0.0585 e. The van der Waals surface area contributed by atoms with Gasteiger partial charge in [0.05, 0.1) is 6.04 Å². The van der Waals surface area contributed by atoms with E-state index in [-0.39, 0.29) is 0 Å². The van der Waals surface area contributed by atoms with E-state index in [2.05, 4.69) is 44.8 Å². The van der Waals surface area contributed by atoms with Gasteiger partial charge in [-0.3, -0.25) is 4.99 Å². The SMILES string of the molecule is CC1=NC(C(C)(C)C)CC=C1. The highest BCUT2D eigenvalue weighted by Gasteiger charge is 2.23. The Balaban J connectivity index is 2.71. The number of dihydropyridines is 1. The van der Waals surface area contributed by atoms with E-state index in [1.807, 2.05) is 0 Å². The maximum absolute atomic E-state index is 4.58. The minimum atomic E-state index is 0.312. The summed E-state index contributed by atoms with van der Waals surface area (Å²) in [4.78, 5) is 4.58. The molecule has 0 saturated carbocycles. The van der Waals surface area contributed by atoms with E-state index in [4.69, 9.17) is 0 Å². The van der Waals surface area contributed by atoms with Gasteiger partial charge >= 0.3 is 0 Å². The van der Waals surface area contributed by atoms with Crippen LogP contribution >= 0.6 is 0 Å². The van der Waals surface area contributed by atoms with Gasteiger partial charge in [-0.05, 0) is 24.8 Å². The number of allylic oxidation sites excluding steroid dienone is 1. The van der Waals surface area contributed by atoms with Crippen LogP contribution in [0.1, 0.15) is 34.1 Å². The summed E-state index contributed by atoms with van der Waals surface area (Å²) in [6, 6.07) is 0.479. The molecule has 1 heterocycles. The van der Waals surface area contributed by atoms with Crippen LogP contribution < -0.4 is 0 Å². The average Bonchev–Trinajstić information content (AvgIpc) is 1.86. The summed E-state index contributed by atoms with van der Waals surface area (Å²) in [5.41, 5.74) is 1.47. The van der Waals surface area contributed by atoms with Gasteiger partial charge in [-0.15, -0.1) is 0 Å². The molecule has 0 N–H and O–H groups in total. The molecule has 1 aliphatic rings. The Kier molecular flexibility index (Phi) is 2.17. The lowest BCUT2D eigenvalue weighted by Crippen LogP contribution is -2.26. The first-order chi connectivity index (χ1) is 5.00. The first-order valence-electron chi connectivity index (χ1n) is 4.21.